The molecule has 6 heteroatoms. The Kier molecular flexibility index (Phi) is 2.34. The van der Waals surface area contributed by atoms with Crippen molar-refractivity contribution in [3.05, 3.63) is 35.7 Å². The van der Waals surface area contributed by atoms with Crippen molar-refractivity contribution < 1.29 is 0 Å². The highest BCUT2D eigenvalue weighted by Gasteiger charge is 2.09. The standard InChI is InChI=1S/C11H9N5S/c12-9-4-2-1-3-8(9)10-5-7(6-17-10)11-13-15-16-14-11/h1-6H,12H2,(H,13,14,15,16). The van der Waals surface area contributed by atoms with Gasteiger partial charge in [-0.05, 0) is 17.3 Å². The summed E-state index contributed by atoms with van der Waals surface area (Å²) in [5.41, 5.74) is 8.69. The number of aromatic nitrogens is 4. The number of benzene rings is 1. The minimum atomic E-state index is 0.599. The van der Waals surface area contributed by atoms with Gasteiger partial charge in [0, 0.05) is 27.1 Å². The summed E-state index contributed by atoms with van der Waals surface area (Å²) in [7, 11) is 0. The van der Waals surface area contributed by atoms with Gasteiger partial charge in [-0.1, -0.05) is 18.2 Å². The van der Waals surface area contributed by atoms with Gasteiger partial charge in [0.05, 0.1) is 0 Å². The maximum Gasteiger partial charge on any atom is 0.205 e. The van der Waals surface area contributed by atoms with Gasteiger partial charge in [-0.15, -0.1) is 21.5 Å². The number of H-pyrrole nitrogens is 1. The summed E-state index contributed by atoms with van der Waals surface area (Å²) in [5, 5.41) is 15.9. The second-order valence-corrected chi connectivity index (χ2v) is 4.43. The first-order valence-electron chi connectivity index (χ1n) is 5.02. The molecular weight excluding hydrogens is 234 g/mol. The number of para-hydroxylation sites is 1. The van der Waals surface area contributed by atoms with Crippen LogP contribution in [0.5, 0.6) is 0 Å². The van der Waals surface area contributed by atoms with Crippen LogP contribution in [0, 0.1) is 0 Å². The predicted octanol–water partition coefficient (Wildman–Crippen LogP) is 2.18. The number of hydrogen-bond acceptors (Lipinski definition) is 5. The van der Waals surface area contributed by atoms with Crippen LogP contribution in [0.1, 0.15) is 0 Å². The van der Waals surface area contributed by atoms with E-state index in [1.165, 1.54) is 0 Å². The Bertz CT molecular complexity index is 629. The fraction of sp³-hybridized carbons (Fsp3) is 0. The minimum Gasteiger partial charge on any atom is -0.398 e. The first-order valence-corrected chi connectivity index (χ1v) is 5.90. The molecule has 0 bridgehead atoms. The second kappa shape index (κ2) is 3.99. The summed E-state index contributed by atoms with van der Waals surface area (Å²) in [6.45, 7) is 0. The van der Waals surface area contributed by atoms with Crippen LogP contribution in [-0.4, -0.2) is 20.6 Å². The zero-order chi connectivity index (χ0) is 11.7. The van der Waals surface area contributed by atoms with Crippen molar-refractivity contribution in [2.75, 3.05) is 5.73 Å². The van der Waals surface area contributed by atoms with Gasteiger partial charge in [-0.25, -0.2) is 0 Å². The van der Waals surface area contributed by atoms with E-state index in [0.717, 1.165) is 21.7 Å². The molecule has 0 amide bonds. The van der Waals surface area contributed by atoms with Crippen molar-refractivity contribution in [1.82, 2.24) is 20.6 Å². The lowest BCUT2D eigenvalue weighted by molar-refractivity contribution is 0.881. The van der Waals surface area contributed by atoms with Crippen molar-refractivity contribution in [2.24, 2.45) is 0 Å². The normalized spacial score (nSPS) is 10.6. The molecular formula is C11H9N5S. The van der Waals surface area contributed by atoms with E-state index in [9.17, 15) is 0 Å². The largest absolute Gasteiger partial charge is 0.398 e. The third-order valence-electron chi connectivity index (χ3n) is 2.43. The van der Waals surface area contributed by atoms with Gasteiger partial charge in [0.1, 0.15) is 0 Å². The van der Waals surface area contributed by atoms with Crippen molar-refractivity contribution in [3.63, 3.8) is 0 Å². The number of tetrazole rings is 1. The van der Waals surface area contributed by atoms with E-state index in [-0.39, 0.29) is 0 Å². The molecule has 5 nitrogen and oxygen atoms in total. The molecule has 0 aliphatic rings. The highest BCUT2D eigenvalue weighted by atomic mass is 32.1. The zero-order valence-electron chi connectivity index (χ0n) is 8.79. The number of nitrogens with two attached hydrogens (primary N) is 1. The van der Waals surface area contributed by atoms with E-state index in [0.29, 0.717) is 5.82 Å². The van der Waals surface area contributed by atoms with Gasteiger partial charge in [-0.3, -0.25) is 0 Å². The summed E-state index contributed by atoms with van der Waals surface area (Å²) >= 11 is 1.61. The van der Waals surface area contributed by atoms with Gasteiger partial charge in [-0.2, -0.15) is 5.21 Å². The summed E-state index contributed by atoms with van der Waals surface area (Å²) in [6, 6.07) is 9.80. The van der Waals surface area contributed by atoms with E-state index >= 15 is 0 Å². The van der Waals surface area contributed by atoms with Crippen LogP contribution >= 0.6 is 11.3 Å². The van der Waals surface area contributed by atoms with Crippen molar-refractivity contribution in [3.8, 4) is 21.8 Å². The second-order valence-electron chi connectivity index (χ2n) is 3.52. The smallest absolute Gasteiger partial charge is 0.205 e. The average molecular weight is 243 g/mol. The molecule has 0 fully saturated rings. The molecule has 2 aromatic heterocycles. The summed E-state index contributed by atoms with van der Waals surface area (Å²) in [6.07, 6.45) is 0. The molecule has 84 valence electrons. The maximum atomic E-state index is 5.94. The fourth-order valence-electron chi connectivity index (χ4n) is 1.60. The zero-order valence-corrected chi connectivity index (χ0v) is 9.61. The number of nitrogen functional groups attached to an aromatic ring is 1. The Morgan fingerprint density at radius 2 is 2.12 bits per heavy atom. The quantitative estimate of drug-likeness (QED) is 0.676. The Hall–Kier alpha value is -2.21. The van der Waals surface area contributed by atoms with Crippen molar-refractivity contribution >= 4 is 17.0 Å². The Balaban J connectivity index is 2.04. The summed E-state index contributed by atoms with van der Waals surface area (Å²) < 4.78 is 0. The summed E-state index contributed by atoms with van der Waals surface area (Å²) in [5.74, 6) is 0.599. The molecule has 3 rings (SSSR count). The minimum absolute atomic E-state index is 0.599. The van der Waals surface area contributed by atoms with Crippen LogP contribution in [0.2, 0.25) is 0 Å². The van der Waals surface area contributed by atoms with E-state index < -0.39 is 0 Å². The highest BCUT2D eigenvalue weighted by molar-refractivity contribution is 7.14. The molecule has 0 atom stereocenters. The lowest BCUT2D eigenvalue weighted by Crippen LogP contribution is -1.86. The highest BCUT2D eigenvalue weighted by Crippen LogP contribution is 2.33. The molecule has 0 spiro atoms. The number of nitrogens with one attached hydrogen (secondary N) is 1. The molecule has 3 aromatic rings. The lowest BCUT2D eigenvalue weighted by atomic mass is 10.1. The van der Waals surface area contributed by atoms with Gasteiger partial charge in [0.25, 0.3) is 0 Å². The molecule has 3 N–H and O–H groups in total. The lowest BCUT2D eigenvalue weighted by Gasteiger charge is -2.00. The molecule has 0 radical (unpaired) electrons. The van der Waals surface area contributed by atoms with E-state index in [4.69, 9.17) is 5.73 Å². The van der Waals surface area contributed by atoms with Gasteiger partial charge >= 0.3 is 0 Å². The number of nitrogens with zero attached hydrogens (tertiary/aromatic N) is 3. The van der Waals surface area contributed by atoms with Gasteiger partial charge in [0.15, 0.2) is 0 Å². The molecule has 0 unspecified atom stereocenters. The number of thiophene rings is 1. The maximum absolute atomic E-state index is 5.94. The van der Waals surface area contributed by atoms with Crippen LogP contribution in [0.25, 0.3) is 21.8 Å². The van der Waals surface area contributed by atoms with Gasteiger partial charge in [0.2, 0.25) is 5.82 Å². The molecule has 17 heavy (non-hydrogen) atoms. The van der Waals surface area contributed by atoms with Crippen LogP contribution < -0.4 is 5.73 Å². The fourth-order valence-corrected chi connectivity index (χ4v) is 2.54. The molecule has 0 saturated heterocycles. The third-order valence-corrected chi connectivity index (χ3v) is 3.39. The SMILES string of the molecule is Nc1ccccc1-c1cc(-c2nn[nH]n2)cs1. The third kappa shape index (κ3) is 1.78. The first kappa shape index (κ1) is 9.98. The monoisotopic (exact) mass is 243 g/mol. The molecule has 1 aromatic carbocycles. The molecule has 0 aliphatic carbocycles. The molecule has 2 heterocycles. The molecule has 0 saturated carbocycles. The predicted molar refractivity (Wildman–Crippen MR) is 67.3 cm³/mol. The number of hydrogen-bond donors (Lipinski definition) is 2. The summed E-state index contributed by atoms with van der Waals surface area (Å²) in [4.78, 5) is 1.10. The Morgan fingerprint density at radius 3 is 2.88 bits per heavy atom. The number of aromatic amines is 1. The Labute approximate surface area is 101 Å². The molecule has 0 aliphatic heterocycles. The number of anilines is 1. The van der Waals surface area contributed by atoms with E-state index in [1.54, 1.807) is 11.3 Å². The van der Waals surface area contributed by atoms with E-state index in [1.807, 2.05) is 35.7 Å². The van der Waals surface area contributed by atoms with Crippen molar-refractivity contribution in [2.45, 2.75) is 0 Å². The van der Waals surface area contributed by atoms with Crippen LogP contribution in [0.4, 0.5) is 5.69 Å². The van der Waals surface area contributed by atoms with Gasteiger partial charge < -0.3 is 5.73 Å². The van der Waals surface area contributed by atoms with Crippen LogP contribution in [0.3, 0.4) is 0 Å². The van der Waals surface area contributed by atoms with Crippen molar-refractivity contribution in [1.29, 1.82) is 0 Å². The van der Waals surface area contributed by atoms with Crippen LogP contribution in [0.15, 0.2) is 35.7 Å². The van der Waals surface area contributed by atoms with E-state index in [2.05, 4.69) is 20.6 Å². The first-order chi connectivity index (χ1) is 8.34. The topological polar surface area (TPSA) is 80.5 Å². The Morgan fingerprint density at radius 1 is 1.24 bits per heavy atom. The number of rotatable bonds is 2. The average Bonchev–Trinajstić information content (AvgIpc) is 3.00. The van der Waals surface area contributed by atoms with Crippen LogP contribution in [-0.2, 0) is 0 Å².